The summed E-state index contributed by atoms with van der Waals surface area (Å²) in [6.45, 7) is 8.15. The van der Waals surface area contributed by atoms with Crippen LogP contribution in [0, 0.1) is 13.8 Å². The van der Waals surface area contributed by atoms with Gasteiger partial charge in [0.2, 0.25) is 5.91 Å². The average Bonchev–Trinajstić information content (AvgIpc) is 2.73. The molecule has 0 unspecified atom stereocenters. The van der Waals surface area contributed by atoms with E-state index in [2.05, 4.69) is 10.4 Å². The second-order valence-electron chi connectivity index (χ2n) is 6.34. The first-order valence-corrected chi connectivity index (χ1v) is 7.44. The maximum atomic E-state index is 12.1. The number of carbonyl (C=O) groups is 1. The molecule has 0 aliphatic carbocycles. The first-order valence-electron chi connectivity index (χ1n) is 7.44. The van der Waals surface area contributed by atoms with Gasteiger partial charge in [-0.05, 0) is 39.8 Å². The van der Waals surface area contributed by atoms with Crippen molar-refractivity contribution in [2.45, 2.75) is 39.7 Å². The van der Waals surface area contributed by atoms with E-state index in [1.54, 1.807) is 0 Å². The molecule has 5 heteroatoms. The highest BCUT2D eigenvalue weighted by molar-refractivity contribution is 5.79. The zero-order chi connectivity index (χ0) is 16.3. The Kier molecular flexibility index (Phi) is 4.66. The van der Waals surface area contributed by atoms with Gasteiger partial charge in [0.25, 0.3) is 0 Å². The molecule has 1 aromatic carbocycles. The summed E-state index contributed by atoms with van der Waals surface area (Å²) < 4.78 is 1.88. The Morgan fingerprint density at radius 2 is 1.91 bits per heavy atom. The van der Waals surface area contributed by atoms with E-state index < -0.39 is 5.54 Å². The minimum Gasteiger partial charge on any atom is -0.354 e. The number of carbonyl (C=O) groups excluding carboxylic acids is 1. The summed E-state index contributed by atoms with van der Waals surface area (Å²) in [4.78, 5) is 12.1. The monoisotopic (exact) mass is 300 g/mol. The smallest absolute Gasteiger partial charge is 0.224 e. The summed E-state index contributed by atoms with van der Waals surface area (Å²) in [5, 5.41) is 7.43. The molecule has 2 aromatic rings. The molecule has 1 amide bonds. The van der Waals surface area contributed by atoms with Crippen LogP contribution < -0.4 is 11.1 Å². The Labute approximate surface area is 131 Å². The highest BCUT2D eigenvalue weighted by atomic mass is 16.1. The maximum Gasteiger partial charge on any atom is 0.224 e. The van der Waals surface area contributed by atoms with Gasteiger partial charge < -0.3 is 11.1 Å². The highest BCUT2D eigenvalue weighted by Crippen LogP contribution is 2.18. The molecule has 1 aromatic heterocycles. The molecule has 3 N–H and O–H groups in total. The van der Waals surface area contributed by atoms with E-state index in [0.29, 0.717) is 13.0 Å². The van der Waals surface area contributed by atoms with Gasteiger partial charge in [0.1, 0.15) is 0 Å². The lowest BCUT2D eigenvalue weighted by Crippen LogP contribution is -2.45. The van der Waals surface area contributed by atoms with Gasteiger partial charge in [-0.15, -0.1) is 0 Å². The quantitative estimate of drug-likeness (QED) is 0.885. The number of rotatable bonds is 5. The number of hydrogen-bond acceptors (Lipinski definition) is 3. The minimum atomic E-state index is -0.409. The first-order chi connectivity index (χ1) is 10.3. The Morgan fingerprint density at radius 3 is 2.50 bits per heavy atom. The van der Waals surface area contributed by atoms with Gasteiger partial charge in [-0.3, -0.25) is 4.79 Å². The number of aromatic nitrogens is 2. The Hall–Kier alpha value is -2.14. The third kappa shape index (κ3) is 3.95. The molecule has 0 aliphatic rings. The van der Waals surface area contributed by atoms with Crippen LogP contribution in [0.1, 0.15) is 30.8 Å². The molecule has 0 aliphatic heterocycles. The zero-order valence-corrected chi connectivity index (χ0v) is 13.7. The number of amides is 1. The summed E-state index contributed by atoms with van der Waals surface area (Å²) >= 11 is 0. The Balaban J connectivity index is 2.16. The third-order valence-electron chi connectivity index (χ3n) is 3.52. The highest BCUT2D eigenvalue weighted by Gasteiger charge is 2.17. The maximum absolute atomic E-state index is 12.1. The Morgan fingerprint density at radius 1 is 1.27 bits per heavy atom. The summed E-state index contributed by atoms with van der Waals surface area (Å²) in [7, 11) is 0. The van der Waals surface area contributed by atoms with Gasteiger partial charge in [-0.25, -0.2) is 4.68 Å². The molecule has 1 heterocycles. The van der Waals surface area contributed by atoms with Crippen molar-refractivity contribution in [1.29, 1.82) is 0 Å². The van der Waals surface area contributed by atoms with Crippen LogP contribution in [0.4, 0.5) is 0 Å². The van der Waals surface area contributed by atoms with Crippen LogP contribution in [0.5, 0.6) is 0 Å². The molecule has 0 spiro atoms. The molecular weight excluding hydrogens is 276 g/mol. The van der Waals surface area contributed by atoms with Crippen molar-refractivity contribution >= 4 is 5.91 Å². The lowest BCUT2D eigenvalue weighted by molar-refractivity contribution is -0.120. The number of benzene rings is 1. The summed E-state index contributed by atoms with van der Waals surface area (Å²) in [5.74, 6) is -0.0302. The molecular formula is C17H24N4O. The van der Waals surface area contributed by atoms with Crippen molar-refractivity contribution in [1.82, 2.24) is 15.1 Å². The van der Waals surface area contributed by atoms with Crippen LogP contribution in [0.2, 0.25) is 0 Å². The van der Waals surface area contributed by atoms with Crippen molar-refractivity contribution < 1.29 is 4.79 Å². The Bertz CT molecular complexity index is 653. The lowest BCUT2D eigenvalue weighted by Gasteiger charge is -2.18. The normalized spacial score (nSPS) is 11.5. The van der Waals surface area contributed by atoms with E-state index >= 15 is 0 Å². The molecule has 0 radical (unpaired) electrons. The van der Waals surface area contributed by atoms with Gasteiger partial charge in [0.15, 0.2) is 0 Å². The summed E-state index contributed by atoms with van der Waals surface area (Å²) in [5.41, 5.74) is 9.31. The number of nitrogens with one attached hydrogen (secondary N) is 1. The fraction of sp³-hybridized carbons (Fsp3) is 0.412. The first kappa shape index (κ1) is 16.2. The number of nitrogens with two attached hydrogens (primary N) is 1. The van der Waals surface area contributed by atoms with E-state index in [4.69, 9.17) is 5.73 Å². The number of nitrogens with zero attached hydrogens (tertiary/aromatic N) is 2. The predicted octanol–water partition coefficient (Wildman–Crippen LogP) is 1.89. The number of hydrogen-bond donors (Lipinski definition) is 2. The zero-order valence-electron chi connectivity index (χ0n) is 13.7. The summed E-state index contributed by atoms with van der Waals surface area (Å²) in [6.07, 6.45) is 0.320. The molecule has 2 rings (SSSR count). The molecule has 118 valence electrons. The third-order valence-corrected chi connectivity index (χ3v) is 3.52. The van der Waals surface area contributed by atoms with E-state index in [-0.39, 0.29) is 5.91 Å². The molecule has 0 saturated carbocycles. The lowest BCUT2D eigenvalue weighted by atomic mass is 10.1. The van der Waals surface area contributed by atoms with Gasteiger partial charge in [-0.1, -0.05) is 18.2 Å². The van der Waals surface area contributed by atoms with Crippen molar-refractivity contribution in [2.24, 2.45) is 5.73 Å². The fourth-order valence-electron chi connectivity index (χ4n) is 2.30. The molecule has 5 nitrogen and oxygen atoms in total. The van der Waals surface area contributed by atoms with Gasteiger partial charge in [0.05, 0.1) is 17.8 Å². The van der Waals surface area contributed by atoms with Crippen LogP contribution >= 0.6 is 0 Å². The average molecular weight is 300 g/mol. The van der Waals surface area contributed by atoms with Crippen molar-refractivity contribution in [3.8, 4) is 5.69 Å². The van der Waals surface area contributed by atoms with Crippen molar-refractivity contribution in [3.63, 3.8) is 0 Å². The van der Waals surface area contributed by atoms with Crippen molar-refractivity contribution in [2.75, 3.05) is 6.54 Å². The minimum absolute atomic E-state index is 0.0302. The van der Waals surface area contributed by atoms with Crippen molar-refractivity contribution in [3.05, 3.63) is 47.3 Å². The predicted molar refractivity (Wildman–Crippen MR) is 88.0 cm³/mol. The molecule has 0 fully saturated rings. The van der Waals surface area contributed by atoms with E-state index in [0.717, 1.165) is 22.6 Å². The van der Waals surface area contributed by atoms with E-state index in [1.807, 2.05) is 62.7 Å². The van der Waals surface area contributed by atoms with Crippen LogP contribution in [-0.2, 0) is 11.2 Å². The second-order valence-corrected chi connectivity index (χ2v) is 6.34. The van der Waals surface area contributed by atoms with Gasteiger partial charge in [0, 0.05) is 23.3 Å². The van der Waals surface area contributed by atoms with Crippen LogP contribution in [-0.4, -0.2) is 27.8 Å². The van der Waals surface area contributed by atoms with E-state index in [1.165, 1.54) is 0 Å². The van der Waals surface area contributed by atoms with E-state index in [9.17, 15) is 4.79 Å². The number of aryl methyl sites for hydroxylation is 1. The molecule has 0 bridgehead atoms. The van der Waals surface area contributed by atoms with Crippen LogP contribution in [0.25, 0.3) is 5.69 Å². The fourth-order valence-corrected chi connectivity index (χ4v) is 2.30. The second kappa shape index (κ2) is 6.32. The molecule has 0 saturated heterocycles. The molecule has 22 heavy (non-hydrogen) atoms. The SMILES string of the molecule is Cc1nn(-c2ccccc2)c(C)c1CC(=O)NCC(C)(C)N. The molecule has 0 atom stereocenters. The van der Waals surface area contributed by atoms with Gasteiger partial charge in [-0.2, -0.15) is 5.10 Å². The topological polar surface area (TPSA) is 72.9 Å². The van der Waals surface area contributed by atoms with Crippen LogP contribution in [0.3, 0.4) is 0 Å². The number of para-hydroxylation sites is 1. The summed E-state index contributed by atoms with van der Waals surface area (Å²) in [6, 6.07) is 9.92. The largest absolute Gasteiger partial charge is 0.354 e. The van der Waals surface area contributed by atoms with Gasteiger partial charge >= 0.3 is 0 Å². The van der Waals surface area contributed by atoms with Crippen LogP contribution in [0.15, 0.2) is 30.3 Å². The standard InChI is InChI=1S/C17H24N4O/c1-12-15(10-16(22)19-11-17(3,4)18)13(2)21(20-12)14-8-6-5-7-9-14/h5-9H,10-11,18H2,1-4H3,(H,19,22).